The van der Waals surface area contributed by atoms with E-state index in [0.717, 1.165) is 26.2 Å². The van der Waals surface area contributed by atoms with Gasteiger partial charge in [-0.15, -0.1) is 0 Å². The van der Waals surface area contributed by atoms with Gasteiger partial charge >= 0.3 is 0 Å². The molecule has 1 N–H and O–H groups in total. The van der Waals surface area contributed by atoms with E-state index in [1.165, 1.54) is 13.2 Å². The fourth-order valence-corrected chi connectivity index (χ4v) is 3.00. The number of fused-ring (bicyclic) bond motifs is 1. The predicted octanol–water partition coefficient (Wildman–Crippen LogP) is 1.73. The van der Waals surface area contributed by atoms with Crippen molar-refractivity contribution in [3.8, 4) is 5.75 Å². The third-order valence-corrected chi connectivity index (χ3v) is 4.14. The molecule has 0 radical (unpaired) electrons. The highest BCUT2D eigenvalue weighted by Gasteiger charge is 2.33. The third-order valence-electron chi connectivity index (χ3n) is 4.14. The van der Waals surface area contributed by atoms with Gasteiger partial charge in [0.15, 0.2) is 5.82 Å². The molecular formula is C15H18FN3O2. The first-order valence-electron chi connectivity index (χ1n) is 7.04. The van der Waals surface area contributed by atoms with Crippen LogP contribution in [0.3, 0.4) is 0 Å². The van der Waals surface area contributed by atoms with Gasteiger partial charge in [-0.05, 0) is 0 Å². The summed E-state index contributed by atoms with van der Waals surface area (Å²) in [6.45, 7) is 11.2. The highest BCUT2D eigenvalue weighted by Crippen LogP contribution is 2.37. The lowest BCUT2D eigenvalue weighted by molar-refractivity contribution is -0.0725. The molecule has 112 valence electrons. The molecule has 0 saturated carbocycles. The normalized spacial score (nSPS) is 26.0. The van der Waals surface area contributed by atoms with Crippen molar-refractivity contribution in [2.75, 3.05) is 39.9 Å². The number of nitrogens with zero attached hydrogens (tertiary/aromatic N) is 2. The number of ether oxygens (including phenoxy) is 2. The monoisotopic (exact) mass is 291 g/mol. The Balaban J connectivity index is 1.87. The molecule has 0 spiro atoms. The topological polar surface area (TPSA) is 38.1 Å². The highest BCUT2D eigenvalue weighted by molar-refractivity contribution is 5.55. The highest BCUT2D eigenvalue weighted by atomic mass is 19.1. The predicted molar refractivity (Wildman–Crippen MR) is 76.1 cm³/mol. The van der Waals surface area contributed by atoms with E-state index in [0.29, 0.717) is 18.2 Å². The molecule has 2 fully saturated rings. The number of hydrogen-bond donors (Lipinski definition) is 1. The van der Waals surface area contributed by atoms with Gasteiger partial charge in [0.2, 0.25) is 5.69 Å². The van der Waals surface area contributed by atoms with Crippen molar-refractivity contribution in [2.24, 2.45) is 0 Å². The summed E-state index contributed by atoms with van der Waals surface area (Å²) >= 11 is 0. The van der Waals surface area contributed by atoms with Crippen LogP contribution in [-0.2, 0) is 4.74 Å². The first-order chi connectivity index (χ1) is 10.2. The van der Waals surface area contributed by atoms with Crippen molar-refractivity contribution >= 4 is 5.69 Å². The van der Waals surface area contributed by atoms with Crippen molar-refractivity contribution in [1.82, 2.24) is 10.2 Å². The summed E-state index contributed by atoms with van der Waals surface area (Å²) in [7, 11) is 1.42. The van der Waals surface area contributed by atoms with Gasteiger partial charge in [0, 0.05) is 37.8 Å². The second kappa shape index (κ2) is 5.98. The van der Waals surface area contributed by atoms with Crippen LogP contribution < -0.4 is 10.1 Å². The molecule has 1 aromatic carbocycles. The molecule has 2 saturated heterocycles. The molecule has 0 aliphatic carbocycles. The van der Waals surface area contributed by atoms with Gasteiger partial charge in [-0.3, -0.25) is 4.90 Å². The van der Waals surface area contributed by atoms with E-state index in [1.807, 2.05) is 0 Å². The summed E-state index contributed by atoms with van der Waals surface area (Å²) in [5.41, 5.74) is 0.658. The van der Waals surface area contributed by atoms with Crippen LogP contribution in [0.5, 0.6) is 5.75 Å². The number of morpholine rings is 1. The van der Waals surface area contributed by atoms with E-state index in [9.17, 15) is 4.39 Å². The van der Waals surface area contributed by atoms with Crippen LogP contribution in [-0.4, -0.2) is 50.8 Å². The molecule has 6 heteroatoms. The molecule has 3 rings (SSSR count). The van der Waals surface area contributed by atoms with Crippen LogP contribution in [0.25, 0.3) is 4.85 Å². The van der Waals surface area contributed by atoms with E-state index < -0.39 is 5.82 Å². The zero-order valence-electron chi connectivity index (χ0n) is 11.9. The van der Waals surface area contributed by atoms with E-state index in [4.69, 9.17) is 16.0 Å². The fourth-order valence-electron chi connectivity index (χ4n) is 3.00. The Hall–Kier alpha value is -1.68. The Morgan fingerprint density at radius 2 is 2.38 bits per heavy atom. The number of nitrogens with one attached hydrogen (secondary N) is 1. The Morgan fingerprint density at radius 1 is 1.52 bits per heavy atom. The van der Waals surface area contributed by atoms with Crippen molar-refractivity contribution in [3.05, 3.63) is 34.9 Å². The van der Waals surface area contributed by atoms with E-state index >= 15 is 0 Å². The standard InChI is InChI=1S/C15H18FN3O2/c1-17-12-4-3-11(15(20-2)14(12)16)13-8-19-6-5-18-7-10(19)9-21-13/h3-4,10,13,18H,5-9H2,2H3/t10-,13-/m0/s1. The first-order valence-corrected chi connectivity index (χ1v) is 7.04. The SMILES string of the molecule is [C-]#[N+]c1ccc([C@@H]2CN3CCNC[C@H]3CO2)c(OC)c1F. The molecule has 0 amide bonds. The van der Waals surface area contributed by atoms with Gasteiger partial charge < -0.3 is 14.8 Å². The number of piperazine rings is 1. The quantitative estimate of drug-likeness (QED) is 0.842. The van der Waals surface area contributed by atoms with Gasteiger partial charge in [0.05, 0.1) is 26.4 Å². The Morgan fingerprint density at radius 3 is 3.14 bits per heavy atom. The summed E-state index contributed by atoms with van der Waals surface area (Å²) in [5.74, 6) is -0.474. The second-order valence-electron chi connectivity index (χ2n) is 5.31. The first kappa shape index (κ1) is 14.3. The van der Waals surface area contributed by atoms with E-state index in [1.54, 1.807) is 6.07 Å². The molecule has 1 aromatic rings. The number of benzene rings is 1. The maximum absolute atomic E-state index is 14.2. The average molecular weight is 291 g/mol. The van der Waals surface area contributed by atoms with Crippen molar-refractivity contribution in [3.63, 3.8) is 0 Å². The minimum atomic E-state index is -0.601. The fraction of sp³-hybridized carbons (Fsp3) is 0.533. The van der Waals surface area contributed by atoms with Crippen LogP contribution in [0.1, 0.15) is 11.7 Å². The number of hydrogen-bond acceptors (Lipinski definition) is 4. The van der Waals surface area contributed by atoms with Gasteiger partial charge in [0.25, 0.3) is 0 Å². The number of rotatable bonds is 2. The van der Waals surface area contributed by atoms with Crippen LogP contribution in [0.2, 0.25) is 0 Å². The Labute approximate surface area is 123 Å². The summed E-state index contributed by atoms with van der Waals surface area (Å²) in [6.07, 6.45) is -0.219. The van der Waals surface area contributed by atoms with Crippen LogP contribution >= 0.6 is 0 Å². The largest absolute Gasteiger partial charge is 0.495 e. The molecule has 0 aromatic heterocycles. The second-order valence-corrected chi connectivity index (χ2v) is 5.31. The maximum atomic E-state index is 14.2. The Bertz CT molecular complexity index is 573. The lowest BCUT2D eigenvalue weighted by Gasteiger charge is -2.43. The van der Waals surface area contributed by atoms with Gasteiger partial charge in [0.1, 0.15) is 5.75 Å². The molecule has 0 bridgehead atoms. The van der Waals surface area contributed by atoms with Crippen molar-refractivity contribution in [2.45, 2.75) is 12.1 Å². The van der Waals surface area contributed by atoms with Crippen LogP contribution in [0.4, 0.5) is 10.1 Å². The van der Waals surface area contributed by atoms with Crippen LogP contribution in [0, 0.1) is 12.4 Å². The summed E-state index contributed by atoms with van der Waals surface area (Å²) in [6, 6.07) is 3.61. The lowest BCUT2D eigenvalue weighted by Crippen LogP contribution is -2.57. The zero-order chi connectivity index (χ0) is 14.8. The molecule has 2 aliphatic rings. The minimum absolute atomic E-state index is 0.0218. The molecule has 2 aliphatic heterocycles. The van der Waals surface area contributed by atoms with Crippen molar-refractivity contribution < 1.29 is 13.9 Å². The number of halogens is 1. The molecule has 0 unspecified atom stereocenters. The summed E-state index contributed by atoms with van der Waals surface area (Å²) in [5, 5.41) is 3.35. The molecular weight excluding hydrogens is 273 g/mol. The van der Waals surface area contributed by atoms with Crippen molar-refractivity contribution in [1.29, 1.82) is 0 Å². The maximum Gasteiger partial charge on any atom is 0.225 e. The van der Waals surface area contributed by atoms with Gasteiger partial charge in [-0.1, -0.05) is 12.1 Å². The molecule has 5 nitrogen and oxygen atoms in total. The van der Waals surface area contributed by atoms with Gasteiger partial charge in [-0.25, -0.2) is 9.24 Å². The van der Waals surface area contributed by atoms with E-state index in [2.05, 4.69) is 15.1 Å². The third kappa shape index (κ3) is 2.60. The van der Waals surface area contributed by atoms with E-state index in [-0.39, 0.29) is 17.5 Å². The Kier molecular flexibility index (Phi) is 4.06. The molecule has 21 heavy (non-hydrogen) atoms. The summed E-state index contributed by atoms with van der Waals surface area (Å²) < 4.78 is 25.3. The van der Waals surface area contributed by atoms with Crippen LogP contribution in [0.15, 0.2) is 12.1 Å². The average Bonchev–Trinajstić information content (AvgIpc) is 2.54. The smallest absolute Gasteiger partial charge is 0.225 e. The molecule has 2 atom stereocenters. The lowest BCUT2D eigenvalue weighted by atomic mass is 10.0. The number of methoxy groups -OCH3 is 1. The summed E-state index contributed by atoms with van der Waals surface area (Å²) in [4.78, 5) is 5.53. The minimum Gasteiger partial charge on any atom is -0.495 e. The zero-order valence-corrected chi connectivity index (χ0v) is 11.9. The van der Waals surface area contributed by atoms with Gasteiger partial charge in [-0.2, -0.15) is 0 Å². The molecule has 2 heterocycles.